The van der Waals surface area contributed by atoms with Crippen LogP contribution in [0.25, 0.3) is 39.5 Å². The largest absolute Gasteiger partial charge is 0.434 e. The van der Waals surface area contributed by atoms with Crippen molar-refractivity contribution >= 4 is 22.5 Å². The zero-order valence-electron chi connectivity index (χ0n) is 16.0. The molecule has 0 amide bonds. The first kappa shape index (κ1) is 19.0. The van der Waals surface area contributed by atoms with Crippen molar-refractivity contribution in [2.45, 2.75) is 0 Å². The van der Waals surface area contributed by atoms with Gasteiger partial charge in [0, 0.05) is 34.8 Å². The highest BCUT2D eigenvalue weighted by atomic mass is 35.5. The van der Waals surface area contributed by atoms with Gasteiger partial charge in [0.25, 0.3) is 5.56 Å². The number of fused-ring (bicyclic) bond motifs is 1. The highest BCUT2D eigenvalue weighted by molar-refractivity contribution is 6.30. The number of nitrogens with one attached hydrogen (secondary N) is 1. The van der Waals surface area contributed by atoms with Gasteiger partial charge in [0.1, 0.15) is 0 Å². The number of hydrogen-bond acceptors (Lipinski definition) is 5. The van der Waals surface area contributed by atoms with E-state index in [-0.39, 0.29) is 17.5 Å². The highest BCUT2D eigenvalue weighted by Gasteiger charge is 2.21. The number of aromatic nitrogens is 5. The summed E-state index contributed by atoms with van der Waals surface area (Å²) in [5, 5.41) is 5.72. The van der Waals surface area contributed by atoms with Gasteiger partial charge in [-0.1, -0.05) is 11.6 Å². The van der Waals surface area contributed by atoms with Gasteiger partial charge in [-0.25, -0.2) is 9.36 Å². The molecule has 0 aliphatic rings. The van der Waals surface area contributed by atoms with Crippen LogP contribution in [-0.4, -0.2) is 24.3 Å². The Kier molecular flexibility index (Phi) is 4.33. The third kappa shape index (κ3) is 3.34. The van der Waals surface area contributed by atoms with E-state index in [1.807, 2.05) is 30.4 Å². The van der Waals surface area contributed by atoms with Crippen LogP contribution in [-0.2, 0) is 7.05 Å². The van der Waals surface area contributed by atoms with E-state index < -0.39 is 17.1 Å². The number of benzene rings is 2. The van der Waals surface area contributed by atoms with E-state index in [1.165, 1.54) is 0 Å². The number of rotatable bonds is 3. The predicted octanol–water partition coefficient (Wildman–Crippen LogP) is 3.53. The van der Waals surface area contributed by atoms with Gasteiger partial charge >= 0.3 is 5.69 Å². The fraction of sp³-hybridized carbons (Fsp3) is 0.0476. The molecule has 154 valence electrons. The number of nitrogens with zero attached hydrogens (tertiary/aromatic N) is 4. The summed E-state index contributed by atoms with van der Waals surface area (Å²) in [6, 6.07) is 12.1. The van der Waals surface area contributed by atoms with Gasteiger partial charge in [-0.2, -0.15) is 14.5 Å². The summed E-state index contributed by atoms with van der Waals surface area (Å²) in [5.41, 5.74) is 0.0538. The maximum absolute atomic E-state index is 13.9. The normalized spacial score (nSPS) is 11.3. The Morgan fingerprint density at radius 2 is 1.81 bits per heavy atom. The molecule has 5 aromatic rings. The second-order valence-electron chi connectivity index (χ2n) is 6.86. The van der Waals surface area contributed by atoms with Crippen LogP contribution in [0.3, 0.4) is 0 Å². The fourth-order valence-corrected chi connectivity index (χ4v) is 3.40. The SMILES string of the molecule is Cn1cc2cc(-c3nc(-n4cc(F)c(=O)[nH]c4=O)c(-c4ccc(Cl)cc4)o3)ccc2n1. The molecule has 0 aliphatic carbocycles. The Labute approximate surface area is 178 Å². The lowest BCUT2D eigenvalue weighted by atomic mass is 10.1. The summed E-state index contributed by atoms with van der Waals surface area (Å²) in [5.74, 6) is -0.664. The van der Waals surface area contributed by atoms with Crippen LogP contribution in [0.4, 0.5) is 4.39 Å². The second kappa shape index (κ2) is 7.06. The van der Waals surface area contributed by atoms with Gasteiger partial charge in [0.05, 0.1) is 11.7 Å². The van der Waals surface area contributed by atoms with E-state index in [9.17, 15) is 14.0 Å². The van der Waals surface area contributed by atoms with Crippen LogP contribution in [0, 0.1) is 5.82 Å². The van der Waals surface area contributed by atoms with Crippen molar-refractivity contribution < 1.29 is 8.81 Å². The standard InChI is InChI=1S/C21H13ClFN5O3/c1-27-9-13-8-12(4-7-16(13)26-27)20-24-18(28-10-15(23)19(29)25-21(28)30)17(31-20)11-2-5-14(22)6-3-11/h2-10H,1H3,(H,25,29,30). The van der Waals surface area contributed by atoms with Crippen LogP contribution < -0.4 is 11.2 Å². The molecular formula is C21H13ClFN5O3. The molecule has 5 rings (SSSR count). The smallest absolute Gasteiger partial charge is 0.334 e. The van der Waals surface area contributed by atoms with Crippen LogP contribution in [0.5, 0.6) is 0 Å². The lowest BCUT2D eigenvalue weighted by Crippen LogP contribution is -2.30. The van der Waals surface area contributed by atoms with Gasteiger partial charge in [-0.15, -0.1) is 0 Å². The summed E-state index contributed by atoms with van der Waals surface area (Å²) in [7, 11) is 1.82. The van der Waals surface area contributed by atoms with Crippen molar-refractivity contribution in [3.8, 4) is 28.6 Å². The lowest BCUT2D eigenvalue weighted by molar-refractivity contribution is 0.580. The first-order chi connectivity index (χ1) is 14.9. The van der Waals surface area contributed by atoms with Crippen LogP contribution >= 0.6 is 11.6 Å². The number of aromatic amines is 1. The number of aryl methyl sites for hydroxylation is 1. The Morgan fingerprint density at radius 1 is 1.06 bits per heavy atom. The van der Waals surface area contributed by atoms with Crippen molar-refractivity contribution in [3.05, 3.63) is 86.5 Å². The number of halogens is 2. The molecule has 3 aromatic heterocycles. The van der Waals surface area contributed by atoms with Crippen LogP contribution in [0.2, 0.25) is 5.02 Å². The molecule has 0 atom stereocenters. The molecule has 0 unspecified atom stereocenters. The van der Waals surface area contributed by atoms with Gasteiger partial charge in [0.15, 0.2) is 11.6 Å². The minimum absolute atomic E-state index is 0.0313. The Balaban J connectivity index is 1.75. The zero-order chi connectivity index (χ0) is 21.7. The summed E-state index contributed by atoms with van der Waals surface area (Å²) >= 11 is 5.98. The Bertz CT molecular complexity index is 1560. The summed E-state index contributed by atoms with van der Waals surface area (Å²) in [6.07, 6.45) is 2.64. The lowest BCUT2D eigenvalue weighted by Gasteiger charge is -2.04. The molecular weight excluding hydrogens is 425 g/mol. The molecule has 3 heterocycles. The molecule has 0 saturated heterocycles. The predicted molar refractivity (Wildman–Crippen MR) is 113 cm³/mol. The molecule has 1 N–H and O–H groups in total. The van der Waals surface area contributed by atoms with E-state index in [0.717, 1.165) is 21.7 Å². The fourth-order valence-electron chi connectivity index (χ4n) is 3.28. The maximum atomic E-state index is 13.9. The van der Waals surface area contributed by atoms with E-state index >= 15 is 0 Å². The molecule has 10 heteroatoms. The first-order valence-corrected chi connectivity index (χ1v) is 9.49. The van der Waals surface area contributed by atoms with E-state index in [4.69, 9.17) is 16.0 Å². The molecule has 0 spiro atoms. The van der Waals surface area contributed by atoms with E-state index in [2.05, 4.69) is 10.1 Å². The van der Waals surface area contributed by atoms with Crippen LogP contribution in [0.1, 0.15) is 0 Å². The van der Waals surface area contributed by atoms with Crippen LogP contribution in [0.15, 0.2) is 68.9 Å². The summed E-state index contributed by atoms with van der Waals surface area (Å²) in [4.78, 5) is 30.2. The quantitative estimate of drug-likeness (QED) is 0.465. The monoisotopic (exact) mass is 437 g/mol. The van der Waals surface area contributed by atoms with Gasteiger partial charge in [-0.3, -0.25) is 14.5 Å². The minimum Gasteiger partial charge on any atom is -0.434 e. The number of oxazole rings is 1. The Hall–Kier alpha value is -3.98. The number of H-pyrrole nitrogens is 1. The molecule has 0 fully saturated rings. The maximum Gasteiger partial charge on any atom is 0.334 e. The molecule has 0 radical (unpaired) electrons. The molecule has 0 saturated carbocycles. The first-order valence-electron chi connectivity index (χ1n) is 9.11. The summed E-state index contributed by atoms with van der Waals surface area (Å²) in [6.45, 7) is 0. The number of hydrogen-bond donors (Lipinski definition) is 1. The van der Waals surface area contributed by atoms with E-state index in [0.29, 0.717) is 16.1 Å². The highest BCUT2D eigenvalue weighted by Crippen LogP contribution is 2.33. The third-order valence-electron chi connectivity index (χ3n) is 4.71. The van der Waals surface area contributed by atoms with Crippen molar-refractivity contribution in [1.29, 1.82) is 0 Å². The Morgan fingerprint density at radius 3 is 2.58 bits per heavy atom. The van der Waals surface area contributed by atoms with Gasteiger partial charge < -0.3 is 4.42 Å². The van der Waals surface area contributed by atoms with Gasteiger partial charge in [-0.05, 0) is 42.5 Å². The topological polar surface area (TPSA) is 98.7 Å². The molecule has 2 aromatic carbocycles. The molecule has 8 nitrogen and oxygen atoms in total. The third-order valence-corrected chi connectivity index (χ3v) is 4.96. The molecule has 0 bridgehead atoms. The van der Waals surface area contributed by atoms with Gasteiger partial charge in [0.2, 0.25) is 11.7 Å². The minimum atomic E-state index is -1.12. The second-order valence-corrected chi connectivity index (χ2v) is 7.30. The molecule has 0 aliphatic heterocycles. The van der Waals surface area contributed by atoms with Crippen molar-refractivity contribution in [2.24, 2.45) is 7.05 Å². The van der Waals surface area contributed by atoms with Crippen molar-refractivity contribution in [3.63, 3.8) is 0 Å². The average Bonchev–Trinajstić information content (AvgIpc) is 3.33. The summed E-state index contributed by atoms with van der Waals surface area (Å²) < 4.78 is 22.5. The van der Waals surface area contributed by atoms with Crippen molar-refractivity contribution in [1.82, 2.24) is 24.3 Å². The molecule has 31 heavy (non-hydrogen) atoms. The van der Waals surface area contributed by atoms with E-state index in [1.54, 1.807) is 35.0 Å². The van der Waals surface area contributed by atoms with Crippen molar-refractivity contribution in [2.75, 3.05) is 0 Å². The average molecular weight is 438 g/mol. The zero-order valence-corrected chi connectivity index (χ0v) is 16.7.